The molecule has 2 amide bonds. The van der Waals surface area contributed by atoms with Crippen LogP contribution < -0.4 is 5.32 Å². The smallest absolute Gasteiger partial charge is 0.244 e. The third-order valence-electron chi connectivity index (χ3n) is 4.57. The number of nitriles is 1. The topological polar surface area (TPSA) is 111 Å². The van der Waals surface area contributed by atoms with Crippen LogP contribution in [0.5, 0.6) is 0 Å². The molecule has 1 unspecified atom stereocenters. The molecule has 0 aromatic heterocycles. The maximum atomic E-state index is 12.7. The molecule has 1 aromatic carbocycles. The summed E-state index contributed by atoms with van der Waals surface area (Å²) in [5.41, 5.74) is -0.205. The van der Waals surface area contributed by atoms with Crippen molar-refractivity contribution in [2.45, 2.75) is 38.6 Å². The van der Waals surface area contributed by atoms with Gasteiger partial charge in [0.1, 0.15) is 6.04 Å². The Labute approximate surface area is 166 Å². The standard InChI is InChI=1S/C19H26N4O4S/c1-14(21-18(25)19(2,3)4)17(24)22-9-11-23(12-10-22)28(26,27)16-7-5-15(13-20)6-8-16/h5-8,14H,9-12H2,1-4H3,(H,21,25). The van der Waals surface area contributed by atoms with Gasteiger partial charge in [0.15, 0.2) is 0 Å². The van der Waals surface area contributed by atoms with Crippen LogP contribution >= 0.6 is 0 Å². The number of carbonyl (C=O) groups is 2. The first-order valence-electron chi connectivity index (χ1n) is 9.07. The summed E-state index contributed by atoms with van der Waals surface area (Å²) < 4.78 is 26.8. The summed E-state index contributed by atoms with van der Waals surface area (Å²) in [6.45, 7) is 7.80. The Balaban J connectivity index is 1.98. The lowest BCUT2D eigenvalue weighted by Gasteiger charge is -2.35. The van der Waals surface area contributed by atoms with Gasteiger partial charge in [-0.25, -0.2) is 8.42 Å². The van der Waals surface area contributed by atoms with Gasteiger partial charge >= 0.3 is 0 Å². The minimum atomic E-state index is -3.68. The van der Waals surface area contributed by atoms with Crippen molar-refractivity contribution in [2.75, 3.05) is 26.2 Å². The predicted octanol–water partition coefficient (Wildman–Crippen LogP) is 0.942. The number of hydrogen-bond donors (Lipinski definition) is 1. The molecule has 1 aliphatic rings. The minimum absolute atomic E-state index is 0.122. The fourth-order valence-corrected chi connectivity index (χ4v) is 4.17. The molecule has 0 bridgehead atoms. The summed E-state index contributed by atoms with van der Waals surface area (Å²) in [7, 11) is -3.68. The second kappa shape index (κ2) is 8.29. The van der Waals surface area contributed by atoms with E-state index in [0.717, 1.165) is 0 Å². The number of piperazine rings is 1. The van der Waals surface area contributed by atoms with Crippen LogP contribution in [0.1, 0.15) is 33.3 Å². The predicted molar refractivity (Wildman–Crippen MR) is 104 cm³/mol. The highest BCUT2D eigenvalue weighted by Gasteiger charge is 2.32. The van der Waals surface area contributed by atoms with Crippen LogP contribution in [0.3, 0.4) is 0 Å². The summed E-state index contributed by atoms with van der Waals surface area (Å²) in [6.07, 6.45) is 0. The van der Waals surface area contributed by atoms with Crippen molar-refractivity contribution in [3.63, 3.8) is 0 Å². The van der Waals surface area contributed by atoms with Gasteiger partial charge < -0.3 is 10.2 Å². The SMILES string of the molecule is CC(NC(=O)C(C)(C)C)C(=O)N1CCN(S(=O)(=O)c2ccc(C#N)cc2)CC1. The molecule has 152 valence electrons. The Morgan fingerprint density at radius 2 is 1.64 bits per heavy atom. The van der Waals surface area contributed by atoms with Gasteiger partial charge in [-0.15, -0.1) is 0 Å². The monoisotopic (exact) mass is 406 g/mol. The van der Waals surface area contributed by atoms with E-state index in [4.69, 9.17) is 5.26 Å². The van der Waals surface area contributed by atoms with E-state index in [1.54, 1.807) is 32.6 Å². The van der Waals surface area contributed by atoms with Crippen molar-refractivity contribution < 1.29 is 18.0 Å². The number of nitrogens with zero attached hydrogens (tertiary/aromatic N) is 3. The fraction of sp³-hybridized carbons (Fsp3) is 0.526. The molecule has 1 aliphatic heterocycles. The van der Waals surface area contributed by atoms with Crippen LogP contribution in [0, 0.1) is 16.7 Å². The summed E-state index contributed by atoms with van der Waals surface area (Å²) in [4.78, 5) is 26.3. The van der Waals surface area contributed by atoms with Crippen LogP contribution in [-0.2, 0) is 19.6 Å². The molecular formula is C19H26N4O4S. The van der Waals surface area contributed by atoms with Crippen LogP contribution in [0.4, 0.5) is 0 Å². The zero-order valence-electron chi connectivity index (χ0n) is 16.6. The van der Waals surface area contributed by atoms with E-state index >= 15 is 0 Å². The molecular weight excluding hydrogens is 380 g/mol. The van der Waals surface area contributed by atoms with E-state index in [0.29, 0.717) is 5.56 Å². The fourth-order valence-electron chi connectivity index (χ4n) is 2.75. The Bertz CT molecular complexity index is 874. The van der Waals surface area contributed by atoms with Gasteiger partial charge in [-0.1, -0.05) is 20.8 Å². The molecule has 9 heteroatoms. The summed E-state index contributed by atoms with van der Waals surface area (Å²) >= 11 is 0. The van der Waals surface area contributed by atoms with Crippen molar-refractivity contribution in [3.05, 3.63) is 29.8 Å². The third kappa shape index (κ3) is 4.88. The highest BCUT2D eigenvalue weighted by molar-refractivity contribution is 7.89. The van der Waals surface area contributed by atoms with Gasteiger partial charge in [-0.05, 0) is 31.2 Å². The first-order chi connectivity index (χ1) is 13.0. The quantitative estimate of drug-likeness (QED) is 0.800. The maximum Gasteiger partial charge on any atom is 0.244 e. The van der Waals surface area contributed by atoms with Crippen LogP contribution in [-0.4, -0.2) is 61.7 Å². The zero-order chi connectivity index (χ0) is 21.1. The van der Waals surface area contributed by atoms with Crippen molar-refractivity contribution >= 4 is 21.8 Å². The number of rotatable bonds is 4. The van der Waals surface area contributed by atoms with Crippen molar-refractivity contribution in [1.82, 2.24) is 14.5 Å². The number of benzene rings is 1. The van der Waals surface area contributed by atoms with E-state index in [-0.39, 0.29) is 42.9 Å². The van der Waals surface area contributed by atoms with Gasteiger partial charge in [-0.2, -0.15) is 9.57 Å². The Hall–Kier alpha value is -2.44. The molecule has 1 N–H and O–H groups in total. The van der Waals surface area contributed by atoms with E-state index in [9.17, 15) is 18.0 Å². The summed E-state index contributed by atoms with van der Waals surface area (Å²) in [5.74, 6) is -0.441. The van der Waals surface area contributed by atoms with E-state index < -0.39 is 21.5 Å². The average molecular weight is 407 g/mol. The maximum absolute atomic E-state index is 12.7. The molecule has 1 atom stereocenters. The van der Waals surface area contributed by atoms with Gasteiger partial charge in [0.05, 0.1) is 16.5 Å². The highest BCUT2D eigenvalue weighted by Crippen LogP contribution is 2.19. The first kappa shape index (κ1) is 21.9. The lowest BCUT2D eigenvalue weighted by Crippen LogP contribution is -2.55. The van der Waals surface area contributed by atoms with Crippen molar-refractivity contribution in [3.8, 4) is 6.07 Å². The van der Waals surface area contributed by atoms with Gasteiger partial charge in [0.2, 0.25) is 21.8 Å². The normalized spacial score (nSPS) is 16.9. The summed E-state index contributed by atoms with van der Waals surface area (Å²) in [6, 6.07) is 7.03. The van der Waals surface area contributed by atoms with Crippen molar-refractivity contribution in [1.29, 1.82) is 5.26 Å². The summed E-state index contributed by atoms with van der Waals surface area (Å²) in [5, 5.41) is 11.5. The van der Waals surface area contributed by atoms with Crippen LogP contribution in [0.2, 0.25) is 0 Å². The molecule has 0 saturated carbocycles. The van der Waals surface area contributed by atoms with E-state index in [1.807, 2.05) is 6.07 Å². The number of carbonyl (C=O) groups excluding carboxylic acids is 2. The second-order valence-corrected chi connectivity index (χ2v) is 9.75. The number of nitrogens with one attached hydrogen (secondary N) is 1. The lowest BCUT2D eigenvalue weighted by atomic mass is 9.95. The molecule has 1 fully saturated rings. The molecule has 0 radical (unpaired) electrons. The first-order valence-corrected chi connectivity index (χ1v) is 10.5. The molecule has 28 heavy (non-hydrogen) atoms. The molecule has 8 nitrogen and oxygen atoms in total. The molecule has 1 saturated heterocycles. The zero-order valence-corrected chi connectivity index (χ0v) is 17.4. The van der Waals surface area contributed by atoms with Crippen LogP contribution in [0.15, 0.2) is 29.2 Å². The third-order valence-corrected chi connectivity index (χ3v) is 6.48. The number of hydrogen-bond acceptors (Lipinski definition) is 5. The Morgan fingerprint density at radius 1 is 1.11 bits per heavy atom. The van der Waals surface area contributed by atoms with E-state index in [1.165, 1.54) is 28.6 Å². The Morgan fingerprint density at radius 3 is 2.11 bits per heavy atom. The van der Waals surface area contributed by atoms with Crippen LogP contribution in [0.25, 0.3) is 0 Å². The highest BCUT2D eigenvalue weighted by atomic mass is 32.2. The molecule has 0 spiro atoms. The largest absolute Gasteiger partial charge is 0.344 e. The molecule has 1 aromatic rings. The molecule has 1 heterocycles. The van der Waals surface area contributed by atoms with Gasteiger partial charge in [-0.3, -0.25) is 9.59 Å². The average Bonchev–Trinajstić information content (AvgIpc) is 2.66. The van der Waals surface area contributed by atoms with Gasteiger partial charge in [0.25, 0.3) is 0 Å². The van der Waals surface area contributed by atoms with Crippen molar-refractivity contribution in [2.24, 2.45) is 5.41 Å². The lowest BCUT2D eigenvalue weighted by molar-refractivity contribution is -0.139. The molecule has 0 aliphatic carbocycles. The number of amides is 2. The minimum Gasteiger partial charge on any atom is -0.344 e. The van der Waals surface area contributed by atoms with E-state index in [2.05, 4.69) is 5.32 Å². The number of sulfonamides is 1. The molecule has 2 rings (SSSR count). The van der Waals surface area contributed by atoms with Gasteiger partial charge in [0, 0.05) is 31.6 Å². The second-order valence-electron chi connectivity index (χ2n) is 7.81. The Kier molecular flexibility index (Phi) is 6.47.